The summed E-state index contributed by atoms with van der Waals surface area (Å²) in [6.45, 7) is 2.20. The molecule has 0 spiro atoms. The van der Waals surface area contributed by atoms with E-state index < -0.39 is 0 Å². The molecule has 3 atom stereocenters. The lowest BCUT2D eigenvalue weighted by molar-refractivity contribution is -0.0283. The highest BCUT2D eigenvalue weighted by atomic mass is 16.5. The molecule has 80 valence electrons. The lowest BCUT2D eigenvalue weighted by Gasteiger charge is -2.33. The predicted molar refractivity (Wildman–Crippen MR) is 56.0 cm³/mol. The van der Waals surface area contributed by atoms with E-state index in [1.54, 1.807) is 0 Å². The van der Waals surface area contributed by atoms with Crippen molar-refractivity contribution in [3.05, 3.63) is 0 Å². The van der Waals surface area contributed by atoms with Crippen LogP contribution in [-0.4, -0.2) is 30.3 Å². The van der Waals surface area contributed by atoms with Crippen LogP contribution in [0.3, 0.4) is 0 Å². The molecule has 1 aliphatic carbocycles. The predicted octanol–water partition coefficient (Wildman–Crippen LogP) is 2.39. The van der Waals surface area contributed by atoms with Crippen molar-refractivity contribution >= 4 is 0 Å². The minimum atomic E-state index is 0.612. The van der Waals surface area contributed by atoms with Crippen LogP contribution in [0.2, 0.25) is 0 Å². The number of piperidine rings is 1. The summed E-state index contributed by atoms with van der Waals surface area (Å²) in [6.07, 6.45) is 10.4. The molecule has 0 N–H and O–H groups in total. The van der Waals surface area contributed by atoms with Gasteiger partial charge >= 0.3 is 0 Å². The first-order valence-corrected chi connectivity index (χ1v) is 6.29. The molecule has 0 amide bonds. The SMILES string of the molecule is C1CC2CC3CCCCN3COC2C1. The summed E-state index contributed by atoms with van der Waals surface area (Å²) >= 11 is 0. The summed E-state index contributed by atoms with van der Waals surface area (Å²) in [7, 11) is 0. The number of rotatable bonds is 0. The summed E-state index contributed by atoms with van der Waals surface area (Å²) in [5.41, 5.74) is 0. The molecule has 1 saturated carbocycles. The number of hydrogen-bond acceptors (Lipinski definition) is 2. The fourth-order valence-corrected chi connectivity index (χ4v) is 3.53. The van der Waals surface area contributed by atoms with E-state index in [9.17, 15) is 0 Å². The van der Waals surface area contributed by atoms with Gasteiger partial charge in [0.25, 0.3) is 0 Å². The molecule has 2 saturated heterocycles. The van der Waals surface area contributed by atoms with Crippen LogP contribution in [-0.2, 0) is 4.74 Å². The zero-order valence-electron chi connectivity index (χ0n) is 8.95. The van der Waals surface area contributed by atoms with Crippen molar-refractivity contribution in [2.24, 2.45) is 5.92 Å². The molecule has 2 nitrogen and oxygen atoms in total. The second kappa shape index (κ2) is 3.82. The fourth-order valence-electron chi connectivity index (χ4n) is 3.53. The maximum atomic E-state index is 6.02. The maximum Gasteiger partial charge on any atom is 0.0996 e. The van der Waals surface area contributed by atoms with E-state index in [1.807, 2.05) is 0 Å². The molecule has 3 aliphatic rings. The van der Waals surface area contributed by atoms with Gasteiger partial charge in [-0.2, -0.15) is 0 Å². The lowest BCUT2D eigenvalue weighted by atomic mass is 9.91. The average Bonchev–Trinajstić information content (AvgIpc) is 2.58. The molecule has 0 bridgehead atoms. The second-order valence-electron chi connectivity index (χ2n) is 5.22. The van der Waals surface area contributed by atoms with Crippen LogP contribution in [0.5, 0.6) is 0 Å². The molecule has 0 radical (unpaired) electrons. The molecule has 14 heavy (non-hydrogen) atoms. The molecule has 2 heterocycles. The normalized spacial score (nSPS) is 44.1. The Balaban J connectivity index is 1.71. The summed E-state index contributed by atoms with van der Waals surface area (Å²) in [5.74, 6) is 0.892. The van der Waals surface area contributed by atoms with Crippen molar-refractivity contribution in [1.29, 1.82) is 0 Å². The fraction of sp³-hybridized carbons (Fsp3) is 1.00. The Kier molecular flexibility index (Phi) is 2.50. The van der Waals surface area contributed by atoms with E-state index in [0.717, 1.165) is 18.7 Å². The first-order valence-electron chi connectivity index (χ1n) is 6.29. The van der Waals surface area contributed by atoms with Crippen LogP contribution >= 0.6 is 0 Å². The van der Waals surface area contributed by atoms with Crippen molar-refractivity contribution in [2.75, 3.05) is 13.3 Å². The highest BCUT2D eigenvalue weighted by Crippen LogP contribution is 2.37. The molecular formula is C12H21NO. The molecule has 3 unspecified atom stereocenters. The molecule has 0 aromatic rings. The van der Waals surface area contributed by atoms with Gasteiger partial charge < -0.3 is 4.74 Å². The Morgan fingerprint density at radius 2 is 2.00 bits per heavy atom. The van der Waals surface area contributed by atoms with E-state index in [0.29, 0.717) is 6.10 Å². The first kappa shape index (κ1) is 9.17. The van der Waals surface area contributed by atoms with Gasteiger partial charge in [0, 0.05) is 12.6 Å². The van der Waals surface area contributed by atoms with Crippen molar-refractivity contribution in [2.45, 2.75) is 57.1 Å². The van der Waals surface area contributed by atoms with Crippen LogP contribution in [0.25, 0.3) is 0 Å². The van der Waals surface area contributed by atoms with Gasteiger partial charge in [-0.05, 0) is 38.0 Å². The Bertz CT molecular complexity index is 206. The van der Waals surface area contributed by atoms with Crippen LogP contribution in [0.1, 0.15) is 44.9 Å². The topological polar surface area (TPSA) is 12.5 Å². The largest absolute Gasteiger partial charge is 0.363 e. The van der Waals surface area contributed by atoms with Crippen LogP contribution in [0, 0.1) is 5.92 Å². The van der Waals surface area contributed by atoms with E-state index >= 15 is 0 Å². The minimum absolute atomic E-state index is 0.612. The quantitative estimate of drug-likeness (QED) is 0.588. The lowest BCUT2D eigenvalue weighted by Crippen LogP contribution is -2.39. The summed E-state index contributed by atoms with van der Waals surface area (Å²) in [4.78, 5) is 2.59. The maximum absolute atomic E-state index is 6.02. The number of nitrogens with zero attached hydrogens (tertiary/aromatic N) is 1. The standard InChI is InChI=1S/C12H21NO/c1-2-7-13-9-14-12-6-3-4-10(12)8-11(13)5-1/h10-12H,1-9H2. The molecule has 2 heteroatoms. The highest BCUT2D eigenvalue weighted by Gasteiger charge is 2.36. The third kappa shape index (κ3) is 1.59. The van der Waals surface area contributed by atoms with Gasteiger partial charge in [-0.15, -0.1) is 0 Å². The molecular weight excluding hydrogens is 174 g/mol. The van der Waals surface area contributed by atoms with Gasteiger partial charge in [0.05, 0.1) is 12.8 Å². The van der Waals surface area contributed by atoms with Gasteiger partial charge in [0.2, 0.25) is 0 Å². The van der Waals surface area contributed by atoms with Gasteiger partial charge in [-0.25, -0.2) is 0 Å². The Labute approximate surface area is 86.6 Å². The van der Waals surface area contributed by atoms with Crippen LogP contribution in [0.15, 0.2) is 0 Å². The third-order valence-electron chi connectivity index (χ3n) is 4.37. The summed E-state index contributed by atoms with van der Waals surface area (Å²) < 4.78 is 6.02. The first-order chi connectivity index (χ1) is 6.93. The monoisotopic (exact) mass is 195 g/mol. The van der Waals surface area contributed by atoms with Crippen molar-refractivity contribution in [3.8, 4) is 0 Å². The molecule has 3 rings (SSSR count). The zero-order chi connectivity index (χ0) is 9.38. The number of fused-ring (bicyclic) bond motifs is 2. The number of hydrogen-bond donors (Lipinski definition) is 0. The average molecular weight is 195 g/mol. The van der Waals surface area contributed by atoms with Gasteiger partial charge in [0.15, 0.2) is 0 Å². The molecule has 0 aromatic heterocycles. The highest BCUT2D eigenvalue weighted by molar-refractivity contribution is 4.87. The van der Waals surface area contributed by atoms with E-state index in [2.05, 4.69) is 4.90 Å². The Hall–Kier alpha value is -0.0800. The van der Waals surface area contributed by atoms with E-state index in [1.165, 1.54) is 51.5 Å². The summed E-state index contributed by atoms with van der Waals surface area (Å²) in [6, 6.07) is 0.858. The van der Waals surface area contributed by atoms with Crippen LogP contribution < -0.4 is 0 Å². The molecule has 3 fully saturated rings. The smallest absolute Gasteiger partial charge is 0.0996 e. The molecule has 2 aliphatic heterocycles. The van der Waals surface area contributed by atoms with Gasteiger partial charge in [0.1, 0.15) is 0 Å². The van der Waals surface area contributed by atoms with E-state index in [-0.39, 0.29) is 0 Å². The van der Waals surface area contributed by atoms with Gasteiger partial charge in [-0.1, -0.05) is 12.8 Å². The number of ether oxygens (including phenoxy) is 1. The Morgan fingerprint density at radius 3 is 3.00 bits per heavy atom. The summed E-state index contributed by atoms with van der Waals surface area (Å²) in [5, 5.41) is 0. The molecule has 0 aromatic carbocycles. The minimum Gasteiger partial charge on any atom is -0.363 e. The van der Waals surface area contributed by atoms with Crippen molar-refractivity contribution < 1.29 is 4.74 Å². The van der Waals surface area contributed by atoms with Crippen molar-refractivity contribution in [1.82, 2.24) is 4.90 Å². The van der Waals surface area contributed by atoms with E-state index in [4.69, 9.17) is 4.74 Å². The van der Waals surface area contributed by atoms with Gasteiger partial charge in [-0.3, -0.25) is 4.90 Å². The van der Waals surface area contributed by atoms with Crippen molar-refractivity contribution in [3.63, 3.8) is 0 Å². The second-order valence-corrected chi connectivity index (χ2v) is 5.22. The third-order valence-corrected chi connectivity index (χ3v) is 4.37. The Morgan fingerprint density at radius 1 is 1.00 bits per heavy atom. The van der Waals surface area contributed by atoms with Crippen LogP contribution in [0.4, 0.5) is 0 Å². The zero-order valence-corrected chi connectivity index (χ0v) is 8.95.